The van der Waals surface area contributed by atoms with E-state index in [9.17, 15) is 19.6 Å². The van der Waals surface area contributed by atoms with Crippen LogP contribution in [-0.2, 0) is 31.3 Å². The van der Waals surface area contributed by atoms with Gasteiger partial charge >= 0.3 is 13.4 Å². The number of benzene rings is 2. The van der Waals surface area contributed by atoms with Crippen LogP contribution < -0.4 is 25.7 Å². The van der Waals surface area contributed by atoms with Crippen LogP contribution in [-0.4, -0.2) is 86.4 Å². The number of ether oxygens (including phenoxy) is 2. The van der Waals surface area contributed by atoms with Crippen LogP contribution in [0, 0.1) is 7.43 Å². The molecule has 1 fully saturated rings. The highest BCUT2D eigenvalue weighted by molar-refractivity contribution is 7.98. The Kier molecular flexibility index (Phi) is 12.6. The number of rotatable bonds is 16. The number of H-pyrrole nitrogens is 2. The molecule has 0 amide bonds. The summed E-state index contributed by atoms with van der Waals surface area (Å²) < 4.78 is 40.1. The molecule has 6 rings (SSSR count). The number of thioether (sulfide) groups is 1. The molecule has 15 nitrogen and oxygen atoms in total. The maximum Gasteiger partial charge on any atom is 0.405 e. The number of nitrogens with one attached hydrogen (secondary N) is 3. The van der Waals surface area contributed by atoms with E-state index >= 15 is 0 Å². The summed E-state index contributed by atoms with van der Waals surface area (Å²) in [5, 5.41) is 26.7. The van der Waals surface area contributed by atoms with Gasteiger partial charge in [-0.15, -0.1) is 0 Å². The standard InChI is InChI=1S/C31H37ClN7O8PS.CH3/c1-49-15-14-45-48(43,35-11-10-19-16-34-23-5-3-2-4-22(19)23)46-17-24-26(40)27(41)30(47-24)39-18-38(25-28(39)36-31(33)37-29(25)42)12-13-44-21-8-6-20(32)7-9-21;/h2-9,16,18,24,26-27,30,34,40-41H,10-15,17H2,1H3,(H3-,33,35,36,37,42,43);1H3/q;-1/p+1/t24-,26?,27+,30-,48?;/m1./s1. The summed E-state index contributed by atoms with van der Waals surface area (Å²) in [6.45, 7) is 0.490. The van der Waals surface area contributed by atoms with Gasteiger partial charge in [-0.3, -0.25) is 23.4 Å². The molecule has 5 aromatic rings. The first-order chi connectivity index (χ1) is 23.7. The summed E-state index contributed by atoms with van der Waals surface area (Å²) in [5.74, 6) is 1.03. The molecule has 2 aromatic carbocycles. The Balaban J connectivity index is 0.00000486. The fraction of sp³-hybridized carbons (Fsp3) is 0.375. The first-order valence-electron chi connectivity index (χ1n) is 15.5. The Morgan fingerprint density at radius 1 is 1.16 bits per heavy atom. The van der Waals surface area contributed by atoms with E-state index in [2.05, 4.69) is 20.0 Å². The third-order valence-electron chi connectivity index (χ3n) is 8.05. The van der Waals surface area contributed by atoms with Crippen LogP contribution in [0.4, 0.5) is 5.95 Å². The van der Waals surface area contributed by atoms with Gasteiger partial charge < -0.3 is 37.8 Å². The van der Waals surface area contributed by atoms with Gasteiger partial charge in [0, 0.05) is 34.4 Å². The maximum absolute atomic E-state index is 13.8. The molecular formula is C32H41ClN7O8PS. The van der Waals surface area contributed by atoms with Crippen molar-refractivity contribution in [2.24, 2.45) is 0 Å². The fourth-order valence-electron chi connectivity index (χ4n) is 5.63. The van der Waals surface area contributed by atoms with Crippen LogP contribution in [0.1, 0.15) is 11.8 Å². The Labute approximate surface area is 297 Å². The van der Waals surface area contributed by atoms with Gasteiger partial charge in [-0.2, -0.15) is 11.8 Å². The third-order valence-corrected chi connectivity index (χ3v) is 10.5. The molecule has 1 saturated heterocycles. The molecular weight excluding hydrogens is 709 g/mol. The molecule has 0 bridgehead atoms. The fourth-order valence-corrected chi connectivity index (χ4v) is 7.44. The van der Waals surface area contributed by atoms with Crippen molar-refractivity contribution in [2.75, 3.05) is 44.1 Å². The number of aromatic nitrogens is 5. The van der Waals surface area contributed by atoms with Gasteiger partial charge in [0.25, 0.3) is 11.5 Å². The molecule has 0 saturated carbocycles. The lowest BCUT2D eigenvalue weighted by Gasteiger charge is -2.22. The lowest BCUT2D eigenvalue weighted by atomic mass is 10.1. The van der Waals surface area contributed by atoms with Crippen molar-refractivity contribution in [3.63, 3.8) is 0 Å². The summed E-state index contributed by atoms with van der Waals surface area (Å²) in [4.78, 5) is 23.0. The van der Waals surface area contributed by atoms with Crippen molar-refractivity contribution < 1.29 is 37.9 Å². The summed E-state index contributed by atoms with van der Waals surface area (Å²) in [5.41, 5.74) is 7.68. The molecule has 50 heavy (non-hydrogen) atoms. The first-order valence-corrected chi connectivity index (χ1v) is 18.8. The van der Waals surface area contributed by atoms with E-state index in [1.165, 1.54) is 22.7 Å². The molecule has 18 heteroatoms. The smallest absolute Gasteiger partial charge is 0.405 e. The number of aromatic amines is 2. The van der Waals surface area contributed by atoms with E-state index in [1.54, 1.807) is 28.8 Å². The third kappa shape index (κ3) is 8.53. The summed E-state index contributed by atoms with van der Waals surface area (Å²) in [6, 6.07) is 14.8. The van der Waals surface area contributed by atoms with Gasteiger partial charge in [-0.25, -0.2) is 14.2 Å². The Hall–Kier alpha value is -3.44. The van der Waals surface area contributed by atoms with E-state index in [0.29, 0.717) is 22.9 Å². The number of halogens is 1. The highest BCUT2D eigenvalue weighted by Crippen LogP contribution is 2.44. The SMILES string of the molecule is CSCCOP(=O)(NCCc1c[nH]c2ccccc12)OC[C@H]1O[C@@H]([n+]2cn(CCOc3ccc(Cl)cc3)c3c(=O)[nH]c(N)nc32)[C@@H](O)C1O.[CH3-]. The van der Waals surface area contributed by atoms with Crippen molar-refractivity contribution in [1.29, 1.82) is 0 Å². The van der Waals surface area contributed by atoms with Crippen molar-refractivity contribution in [3.8, 4) is 5.75 Å². The van der Waals surface area contributed by atoms with Crippen LogP contribution in [0.15, 0.2) is 65.8 Å². The molecule has 7 N–H and O–H groups in total. The Morgan fingerprint density at radius 2 is 1.94 bits per heavy atom. The minimum absolute atomic E-state index is 0. The number of aliphatic hydroxyl groups excluding tert-OH is 2. The predicted octanol–water partition coefficient (Wildman–Crippen LogP) is 3.21. The van der Waals surface area contributed by atoms with Crippen molar-refractivity contribution in [3.05, 3.63) is 89.4 Å². The molecule has 2 unspecified atom stereocenters. The number of hydrogen-bond acceptors (Lipinski definition) is 11. The Morgan fingerprint density at radius 3 is 2.72 bits per heavy atom. The Bertz CT molecular complexity index is 1990. The molecule has 0 aliphatic carbocycles. The minimum atomic E-state index is -3.86. The molecule has 0 spiro atoms. The predicted molar refractivity (Wildman–Crippen MR) is 192 cm³/mol. The van der Waals surface area contributed by atoms with E-state index in [4.69, 9.17) is 35.9 Å². The zero-order valence-corrected chi connectivity index (χ0v) is 30.0. The lowest BCUT2D eigenvalue weighted by Crippen LogP contribution is -2.46. The number of anilines is 1. The molecule has 270 valence electrons. The maximum atomic E-state index is 13.8. The van der Waals surface area contributed by atoms with Crippen LogP contribution >= 0.6 is 31.1 Å². The van der Waals surface area contributed by atoms with Gasteiger partial charge in [0.2, 0.25) is 11.7 Å². The quantitative estimate of drug-likeness (QED) is 0.0373. The highest BCUT2D eigenvalue weighted by Gasteiger charge is 2.48. The van der Waals surface area contributed by atoms with E-state index < -0.39 is 37.8 Å². The van der Waals surface area contributed by atoms with Crippen molar-refractivity contribution in [2.45, 2.75) is 37.5 Å². The summed E-state index contributed by atoms with van der Waals surface area (Å²) >= 11 is 7.48. The number of nitrogens with two attached hydrogens (primary N) is 1. The zero-order chi connectivity index (χ0) is 34.5. The van der Waals surface area contributed by atoms with Crippen molar-refractivity contribution in [1.82, 2.24) is 24.6 Å². The average Bonchev–Trinajstić information content (AvgIpc) is 3.75. The van der Waals surface area contributed by atoms with E-state index in [-0.39, 0.29) is 57.4 Å². The minimum Gasteiger partial charge on any atom is -0.490 e. The summed E-state index contributed by atoms with van der Waals surface area (Å²) in [6.07, 6.45) is 0.704. The molecule has 4 heterocycles. The van der Waals surface area contributed by atoms with Gasteiger partial charge in [-0.05, 0) is 48.6 Å². The van der Waals surface area contributed by atoms with Gasteiger partial charge in [0.1, 0.15) is 37.2 Å². The second-order valence-corrected chi connectivity index (χ2v) is 14.6. The number of nitrogen functional groups attached to an aromatic ring is 1. The summed E-state index contributed by atoms with van der Waals surface area (Å²) in [7, 11) is -3.86. The van der Waals surface area contributed by atoms with Gasteiger partial charge in [0.15, 0.2) is 6.33 Å². The number of hydrogen-bond donors (Lipinski definition) is 6. The topological polar surface area (TPSA) is 203 Å². The van der Waals surface area contributed by atoms with Gasteiger partial charge in [-0.1, -0.05) is 34.8 Å². The van der Waals surface area contributed by atoms with E-state index in [0.717, 1.165) is 16.5 Å². The van der Waals surface area contributed by atoms with E-state index in [1.807, 2.05) is 36.7 Å². The van der Waals surface area contributed by atoms with Crippen LogP contribution in [0.25, 0.3) is 22.1 Å². The van der Waals surface area contributed by atoms with Crippen LogP contribution in [0.2, 0.25) is 5.02 Å². The highest BCUT2D eigenvalue weighted by atomic mass is 35.5. The zero-order valence-electron chi connectivity index (χ0n) is 27.5. The van der Waals surface area contributed by atoms with Gasteiger partial charge in [0.05, 0.1) is 13.2 Å². The molecule has 1 aliphatic heterocycles. The molecule has 3 aromatic heterocycles. The molecule has 0 radical (unpaired) electrons. The number of para-hydroxylation sites is 1. The normalized spacial score (nSPS) is 20.2. The number of imidazole rings is 1. The van der Waals surface area contributed by atoms with Crippen LogP contribution in [0.3, 0.4) is 0 Å². The van der Waals surface area contributed by atoms with Crippen molar-refractivity contribution >= 4 is 59.1 Å². The lowest BCUT2D eigenvalue weighted by molar-refractivity contribution is -0.746. The average molecular weight is 750 g/mol. The largest absolute Gasteiger partial charge is 0.490 e. The number of aliphatic hydroxyl groups is 2. The number of nitrogens with zero attached hydrogens (tertiary/aromatic N) is 3. The monoisotopic (exact) mass is 749 g/mol. The first kappa shape index (κ1) is 37.8. The molecule has 5 atom stereocenters. The second-order valence-electron chi connectivity index (χ2n) is 11.3. The number of fused-ring (bicyclic) bond motifs is 2. The molecule has 1 aliphatic rings. The second kappa shape index (κ2) is 16.7. The van der Waals surface area contributed by atoms with Crippen LogP contribution in [0.5, 0.6) is 5.75 Å².